The SMILES string of the molecule is CONc1c[nH]cn1. The third-order valence-electron chi connectivity index (χ3n) is 0.705. The maximum Gasteiger partial charge on any atom is 0.167 e. The number of aromatic amines is 1. The summed E-state index contributed by atoms with van der Waals surface area (Å²) in [5, 5.41) is 0. The van der Waals surface area contributed by atoms with Gasteiger partial charge in [-0.15, -0.1) is 0 Å². The second-order valence-electron chi connectivity index (χ2n) is 1.26. The summed E-state index contributed by atoms with van der Waals surface area (Å²) in [6.07, 6.45) is 3.27. The molecule has 4 nitrogen and oxygen atoms in total. The summed E-state index contributed by atoms with van der Waals surface area (Å²) in [5.74, 6) is 0.688. The fraction of sp³-hybridized carbons (Fsp3) is 0.250. The first kappa shape index (κ1) is 5.11. The highest BCUT2D eigenvalue weighted by Crippen LogP contribution is 1.94. The van der Waals surface area contributed by atoms with E-state index in [-0.39, 0.29) is 0 Å². The summed E-state index contributed by atoms with van der Waals surface area (Å²) in [6.45, 7) is 0. The van der Waals surface area contributed by atoms with E-state index in [0.717, 1.165) is 0 Å². The van der Waals surface area contributed by atoms with E-state index in [1.165, 1.54) is 7.11 Å². The van der Waals surface area contributed by atoms with Crippen LogP contribution in [0, 0.1) is 0 Å². The molecule has 0 saturated carbocycles. The smallest absolute Gasteiger partial charge is 0.167 e. The molecule has 1 aromatic heterocycles. The van der Waals surface area contributed by atoms with E-state index in [0.29, 0.717) is 5.82 Å². The minimum Gasteiger partial charge on any atom is -0.349 e. The van der Waals surface area contributed by atoms with Crippen LogP contribution in [0.25, 0.3) is 0 Å². The molecule has 0 aromatic carbocycles. The standard InChI is InChI=1S/C4H7N3O/c1-8-7-4-2-5-3-6-4/h2-3,7H,1H3,(H,5,6). The van der Waals surface area contributed by atoms with Crippen molar-refractivity contribution in [1.29, 1.82) is 0 Å². The van der Waals surface area contributed by atoms with Crippen molar-refractivity contribution >= 4 is 5.82 Å². The predicted molar refractivity (Wildman–Crippen MR) is 29.2 cm³/mol. The first-order chi connectivity index (χ1) is 3.93. The zero-order chi connectivity index (χ0) is 5.82. The summed E-state index contributed by atoms with van der Waals surface area (Å²) in [5.41, 5.74) is 2.55. The Balaban J connectivity index is 2.50. The number of anilines is 1. The lowest BCUT2D eigenvalue weighted by Crippen LogP contribution is -1.94. The Kier molecular flexibility index (Phi) is 1.48. The molecule has 0 aliphatic heterocycles. The molecule has 0 bridgehead atoms. The summed E-state index contributed by atoms with van der Waals surface area (Å²) in [6, 6.07) is 0. The molecule has 1 heterocycles. The zero-order valence-electron chi connectivity index (χ0n) is 4.51. The largest absolute Gasteiger partial charge is 0.349 e. The quantitative estimate of drug-likeness (QED) is 0.545. The molecule has 2 N–H and O–H groups in total. The van der Waals surface area contributed by atoms with E-state index in [1.807, 2.05) is 0 Å². The van der Waals surface area contributed by atoms with Gasteiger partial charge in [0.05, 0.1) is 13.4 Å². The van der Waals surface area contributed by atoms with Crippen LogP contribution in [-0.4, -0.2) is 17.1 Å². The lowest BCUT2D eigenvalue weighted by Gasteiger charge is -1.92. The van der Waals surface area contributed by atoms with Crippen LogP contribution >= 0.6 is 0 Å². The molecular weight excluding hydrogens is 106 g/mol. The first-order valence-electron chi connectivity index (χ1n) is 2.21. The van der Waals surface area contributed by atoms with Gasteiger partial charge in [0.15, 0.2) is 5.82 Å². The van der Waals surface area contributed by atoms with Crippen molar-refractivity contribution in [3.05, 3.63) is 12.5 Å². The molecule has 0 fully saturated rings. The number of hydrogen-bond acceptors (Lipinski definition) is 3. The van der Waals surface area contributed by atoms with Crippen molar-refractivity contribution in [1.82, 2.24) is 9.97 Å². The number of hydrogen-bond donors (Lipinski definition) is 2. The van der Waals surface area contributed by atoms with Gasteiger partial charge in [-0.3, -0.25) is 4.84 Å². The van der Waals surface area contributed by atoms with E-state index >= 15 is 0 Å². The zero-order valence-corrected chi connectivity index (χ0v) is 4.51. The van der Waals surface area contributed by atoms with Gasteiger partial charge in [-0.2, -0.15) is 0 Å². The Labute approximate surface area is 46.8 Å². The van der Waals surface area contributed by atoms with Crippen molar-refractivity contribution in [2.45, 2.75) is 0 Å². The average Bonchev–Trinajstić information content (AvgIpc) is 2.19. The van der Waals surface area contributed by atoms with Crippen LogP contribution in [0.1, 0.15) is 0 Å². The number of nitrogens with one attached hydrogen (secondary N) is 2. The number of H-pyrrole nitrogens is 1. The Morgan fingerprint density at radius 3 is 3.25 bits per heavy atom. The van der Waals surface area contributed by atoms with Crippen LogP contribution < -0.4 is 5.48 Å². The fourth-order valence-electron chi connectivity index (χ4n) is 0.421. The molecule has 1 aromatic rings. The van der Waals surface area contributed by atoms with Crippen LogP contribution in [0.15, 0.2) is 12.5 Å². The molecular formula is C4H7N3O. The lowest BCUT2D eigenvalue weighted by molar-refractivity contribution is 0.269. The molecule has 0 aliphatic carbocycles. The topological polar surface area (TPSA) is 49.9 Å². The van der Waals surface area contributed by atoms with Gasteiger partial charge >= 0.3 is 0 Å². The van der Waals surface area contributed by atoms with E-state index in [1.54, 1.807) is 12.5 Å². The molecule has 0 radical (unpaired) electrons. The highest BCUT2D eigenvalue weighted by Gasteiger charge is 1.85. The maximum atomic E-state index is 4.55. The van der Waals surface area contributed by atoms with Crippen molar-refractivity contribution in [2.75, 3.05) is 12.6 Å². The fourth-order valence-corrected chi connectivity index (χ4v) is 0.421. The van der Waals surface area contributed by atoms with Gasteiger partial charge in [-0.1, -0.05) is 0 Å². The van der Waals surface area contributed by atoms with Crippen molar-refractivity contribution in [3.8, 4) is 0 Å². The van der Waals surface area contributed by atoms with Crippen molar-refractivity contribution < 1.29 is 4.84 Å². The normalized spacial score (nSPS) is 9.12. The summed E-state index contributed by atoms with van der Waals surface area (Å²) < 4.78 is 0. The number of aromatic nitrogens is 2. The van der Waals surface area contributed by atoms with Crippen LogP contribution in [-0.2, 0) is 4.84 Å². The predicted octanol–water partition coefficient (Wildman–Crippen LogP) is 0.383. The van der Waals surface area contributed by atoms with Gasteiger partial charge in [0.1, 0.15) is 0 Å². The summed E-state index contributed by atoms with van der Waals surface area (Å²) in [7, 11) is 1.54. The molecule has 4 heteroatoms. The van der Waals surface area contributed by atoms with Crippen LogP contribution in [0.4, 0.5) is 5.82 Å². The molecule has 8 heavy (non-hydrogen) atoms. The van der Waals surface area contributed by atoms with Crippen LogP contribution in [0.5, 0.6) is 0 Å². The van der Waals surface area contributed by atoms with Gasteiger partial charge < -0.3 is 4.98 Å². The van der Waals surface area contributed by atoms with E-state index < -0.39 is 0 Å². The second-order valence-corrected chi connectivity index (χ2v) is 1.26. The molecule has 1 rings (SSSR count). The van der Waals surface area contributed by atoms with Crippen LogP contribution in [0.2, 0.25) is 0 Å². The first-order valence-corrected chi connectivity index (χ1v) is 2.21. The molecule has 0 unspecified atom stereocenters. The average molecular weight is 113 g/mol. The maximum absolute atomic E-state index is 4.55. The van der Waals surface area contributed by atoms with Gasteiger partial charge in [0.2, 0.25) is 0 Å². The lowest BCUT2D eigenvalue weighted by atomic mass is 10.8. The van der Waals surface area contributed by atoms with Gasteiger partial charge in [0.25, 0.3) is 0 Å². The number of imidazole rings is 1. The Hall–Kier alpha value is -1.03. The van der Waals surface area contributed by atoms with Gasteiger partial charge in [-0.25, -0.2) is 10.5 Å². The van der Waals surface area contributed by atoms with Gasteiger partial charge in [0, 0.05) is 6.20 Å². The van der Waals surface area contributed by atoms with Crippen molar-refractivity contribution in [2.24, 2.45) is 0 Å². The summed E-state index contributed by atoms with van der Waals surface area (Å²) in [4.78, 5) is 11.1. The summed E-state index contributed by atoms with van der Waals surface area (Å²) >= 11 is 0. The molecule has 0 aliphatic rings. The van der Waals surface area contributed by atoms with E-state index in [4.69, 9.17) is 0 Å². The molecule has 0 saturated heterocycles. The highest BCUT2D eigenvalue weighted by molar-refractivity contribution is 5.26. The monoisotopic (exact) mass is 113 g/mol. The van der Waals surface area contributed by atoms with Crippen LogP contribution in [0.3, 0.4) is 0 Å². The third kappa shape index (κ3) is 0.974. The van der Waals surface area contributed by atoms with Crippen molar-refractivity contribution in [3.63, 3.8) is 0 Å². The Morgan fingerprint density at radius 1 is 1.88 bits per heavy atom. The number of nitrogens with zero attached hydrogens (tertiary/aromatic N) is 1. The molecule has 0 amide bonds. The second kappa shape index (κ2) is 2.32. The third-order valence-corrected chi connectivity index (χ3v) is 0.705. The minimum atomic E-state index is 0.688. The van der Waals surface area contributed by atoms with Gasteiger partial charge in [-0.05, 0) is 0 Å². The van der Waals surface area contributed by atoms with E-state index in [9.17, 15) is 0 Å². The minimum absolute atomic E-state index is 0.688. The number of rotatable bonds is 2. The molecule has 0 atom stereocenters. The van der Waals surface area contributed by atoms with E-state index in [2.05, 4.69) is 20.3 Å². The Morgan fingerprint density at radius 2 is 2.75 bits per heavy atom. The Bertz CT molecular complexity index is 137. The molecule has 0 spiro atoms. The highest BCUT2D eigenvalue weighted by atomic mass is 16.6. The molecule has 44 valence electrons.